The molecule has 0 spiro atoms. The maximum atomic E-state index is 8.66. The van der Waals surface area contributed by atoms with E-state index in [1.165, 1.54) is 0 Å². The molecule has 8 heteroatoms. The molecule has 1 atom stereocenters. The average Bonchev–Trinajstić information content (AvgIpc) is 3.19. The number of azide groups is 1. The van der Waals surface area contributed by atoms with Crippen LogP contribution in [0.5, 0.6) is 5.75 Å². The summed E-state index contributed by atoms with van der Waals surface area (Å²) in [5.74, 6) is 0.844. The van der Waals surface area contributed by atoms with Gasteiger partial charge in [-0.1, -0.05) is 55.4 Å². The summed E-state index contributed by atoms with van der Waals surface area (Å²) in [5, 5.41) is 9.38. The number of hydrogen-bond acceptors (Lipinski definition) is 4. The molecule has 33 heavy (non-hydrogen) atoms. The lowest BCUT2D eigenvalue weighted by Gasteiger charge is -2.21. The van der Waals surface area contributed by atoms with Gasteiger partial charge in [-0.15, -0.1) is 0 Å². The second kappa shape index (κ2) is 10.9. The van der Waals surface area contributed by atoms with Crippen molar-refractivity contribution in [2.75, 3.05) is 13.2 Å². The zero-order valence-electron chi connectivity index (χ0n) is 18.6. The Labute approximate surface area is 206 Å². The van der Waals surface area contributed by atoms with E-state index >= 15 is 0 Å². The molecule has 1 unspecified atom stereocenters. The maximum Gasteiger partial charge on any atom is 0.129 e. The van der Waals surface area contributed by atoms with Crippen molar-refractivity contribution in [2.45, 2.75) is 32.6 Å². The SMILES string of the molecule is CC(C)NCC(COc1cccc2[nH]c3ccccc3c12)OCc1ccc(N=[N+]=[N-])c(I)c1. The molecule has 1 heterocycles. The lowest BCUT2D eigenvalue weighted by Crippen LogP contribution is -2.37. The van der Waals surface area contributed by atoms with Crippen LogP contribution in [0.15, 0.2) is 65.8 Å². The van der Waals surface area contributed by atoms with E-state index in [0.29, 0.717) is 31.5 Å². The van der Waals surface area contributed by atoms with Gasteiger partial charge in [-0.05, 0) is 58.0 Å². The van der Waals surface area contributed by atoms with Crippen LogP contribution in [0.1, 0.15) is 19.4 Å². The molecular formula is C25H26IN5O2. The van der Waals surface area contributed by atoms with Crippen molar-refractivity contribution < 1.29 is 9.47 Å². The molecule has 0 aliphatic carbocycles. The zero-order valence-corrected chi connectivity index (χ0v) is 20.7. The number of H-pyrrole nitrogens is 1. The van der Waals surface area contributed by atoms with Gasteiger partial charge in [-0.25, -0.2) is 0 Å². The number of benzene rings is 3. The normalized spacial score (nSPS) is 12.2. The van der Waals surface area contributed by atoms with Crippen LogP contribution in [-0.4, -0.2) is 30.3 Å². The Bertz CT molecular complexity index is 1300. The molecule has 0 amide bonds. The zero-order chi connectivity index (χ0) is 23.2. The number of fused-ring (bicyclic) bond motifs is 3. The molecular weight excluding hydrogens is 529 g/mol. The van der Waals surface area contributed by atoms with Crippen molar-refractivity contribution in [1.29, 1.82) is 0 Å². The van der Waals surface area contributed by atoms with Gasteiger partial charge in [0, 0.05) is 37.4 Å². The Hall–Kier alpha value is -2.78. The molecule has 0 aliphatic heterocycles. The number of nitrogens with one attached hydrogen (secondary N) is 2. The second-order valence-electron chi connectivity index (χ2n) is 8.13. The highest BCUT2D eigenvalue weighted by atomic mass is 127. The molecule has 170 valence electrons. The summed E-state index contributed by atoms with van der Waals surface area (Å²) in [5.41, 5.74) is 12.5. The monoisotopic (exact) mass is 555 g/mol. The molecule has 0 aliphatic rings. The molecule has 0 saturated carbocycles. The summed E-state index contributed by atoms with van der Waals surface area (Å²) in [6, 6.07) is 20.4. The first kappa shape index (κ1) is 23.4. The van der Waals surface area contributed by atoms with Gasteiger partial charge in [-0.3, -0.25) is 0 Å². The number of aromatic amines is 1. The smallest absolute Gasteiger partial charge is 0.129 e. The van der Waals surface area contributed by atoms with Crippen molar-refractivity contribution in [3.8, 4) is 5.75 Å². The summed E-state index contributed by atoms with van der Waals surface area (Å²) < 4.78 is 13.4. The Morgan fingerprint density at radius 1 is 1.09 bits per heavy atom. The summed E-state index contributed by atoms with van der Waals surface area (Å²) >= 11 is 2.17. The Balaban J connectivity index is 1.49. The third kappa shape index (κ3) is 5.78. The minimum absolute atomic E-state index is 0.137. The van der Waals surface area contributed by atoms with Crippen LogP contribution in [0, 0.1) is 3.57 Å². The van der Waals surface area contributed by atoms with Crippen LogP contribution in [0.3, 0.4) is 0 Å². The van der Waals surface area contributed by atoms with Crippen LogP contribution < -0.4 is 10.1 Å². The molecule has 0 saturated heterocycles. The maximum absolute atomic E-state index is 8.66. The number of nitrogens with zero attached hydrogens (tertiary/aromatic N) is 3. The van der Waals surface area contributed by atoms with Gasteiger partial charge in [0.2, 0.25) is 0 Å². The van der Waals surface area contributed by atoms with Crippen molar-refractivity contribution in [3.63, 3.8) is 0 Å². The minimum atomic E-state index is -0.137. The van der Waals surface area contributed by atoms with Gasteiger partial charge < -0.3 is 19.8 Å². The van der Waals surface area contributed by atoms with E-state index in [1.54, 1.807) is 0 Å². The Kier molecular flexibility index (Phi) is 7.72. The average molecular weight is 555 g/mol. The van der Waals surface area contributed by atoms with E-state index in [1.807, 2.05) is 42.5 Å². The van der Waals surface area contributed by atoms with E-state index in [-0.39, 0.29) is 6.10 Å². The van der Waals surface area contributed by atoms with E-state index in [9.17, 15) is 0 Å². The number of halogens is 1. The highest BCUT2D eigenvalue weighted by molar-refractivity contribution is 14.1. The number of para-hydroxylation sites is 1. The number of rotatable bonds is 10. The molecule has 0 fully saturated rings. The van der Waals surface area contributed by atoms with E-state index in [2.05, 4.69) is 75.0 Å². The molecule has 3 aromatic carbocycles. The summed E-state index contributed by atoms with van der Waals surface area (Å²) in [4.78, 5) is 6.32. The highest BCUT2D eigenvalue weighted by Gasteiger charge is 2.15. The Morgan fingerprint density at radius 3 is 2.70 bits per heavy atom. The highest BCUT2D eigenvalue weighted by Crippen LogP contribution is 2.33. The van der Waals surface area contributed by atoms with Crippen molar-refractivity contribution >= 4 is 50.1 Å². The fourth-order valence-corrected chi connectivity index (χ4v) is 4.38. The van der Waals surface area contributed by atoms with Crippen LogP contribution in [0.25, 0.3) is 32.2 Å². The van der Waals surface area contributed by atoms with Gasteiger partial charge in [0.1, 0.15) is 18.5 Å². The number of aromatic nitrogens is 1. The van der Waals surface area contributed by atoms with Gasteiger partial charge >= 0.3 is 0 Å². The second-order valence-corrected chi connectivity index (χ2v) is 9.29. The van der Waals surface area contributed by atoms with Gasteiger partial charge in [0.05, 0.1) is 17.8 Å². The first-order chi connectivity index (χ1) is 16.0. The number of ether oxygens (including phenoxy) is 2. The molecule has 2 N–H and O–H groups in total. The fourth-order valence-electron chi connectivity index (χ4n) is 3.69. The molecule has 1 aromatic heterocycles. The third-order valence-corrected chi connectivity index (χ3v) is 6.18. The first-order valence-corrected chi connectivity index (χ1v) is 11.9. The molecule has 4 aromatic rings. The van der Waals surface area contributed by atoms with Gasteiger partial charge in [0.25, 0.3) is 0 Å². The van der Waals surface area contributed by atoms with Gasteiger partial charge in [-0.2, -0.15) is 0 Å². The lowest BCUT2D eigenvalue weighted by molar-refractivity contribution is 0.00957. The first-order valence-electron chi connectivity index (χ1n) is 10.9. The number of hydrogen-bond donors (Lipinski definition) is 2. The van der Waals surface area contributed by atoms with E-state index < -0.39 is 0 Å². The lowest BCUT2D eigenvalue weighted by atomic mass is 10.1. The molecule has 4 rings (SSSR count). The van der Waals surface area contributed by atoms with Crippen LogP contribution >= 0.6 is 22.6 Å². The third-order valence-electron chi connectivity index (χ3n) is 5.32. The predicted octanol–water partition coefficient (Wildman–Crippen LogP) is 6.83. The minimum Gasteiger partial charge on any atom is -0.490 e. The van der Waals surface area contributed by atoms with E-state index in [4.69, 9.17) is 15.0 Å². The molecule has 0 bridgehead atoms. The van der Waals surface area contributed by atoms with Gasteiger partial charge in [0.15, 0.2) is 0 Å². The molecule has 0 radical (unpaired) electrons. The standard InChI is InChI=1S/C25H26IN5O2/c1-16(2)28-13-18(32-14-17-10-11-22(30-31-27)20(26)12-17)15-33-24-9-5-8-23-25(24)19-6-3-4-7-21(19)29-23/h3-12,16,18,28-29H,13-15H2,1-2H3. The van der Waals surface area contributed by atoms with Crippen LogP contribution in [0.2, 0.25) is 0 Å². The van der Waals surface area contributed by atoms with Crippen molar-refractivity contribution in [3.05, 3.63) is 80.2 Å². The predicted molar refractivity (Wildman–Crippen MR) is 141 cm³/mol. The molecule has 7 nitrogen and oxygen atoms in total. The van der Waals surface area contributed by atoms with Crippen molar-refractivity contribution in [1.82, 2.24) is 10.3 Å². The Morgan fingerprint density at radius 2 is 1.91 bits per heavy atom. The van der Waals surface area contributed by atoms with Crippen LogP contribution in [0.4, 0.5) is 5.69 Å². The quantitative estimate of drug-likeness (QED) is 0.0972. The van der Waals surface area contributed by atoms with Crippen molar-refractivity contribution in [2.24, 2.45) is 5.11 Å². The summed E-state index contributed by atoms with van der Waals surface area (Å²) in [6.07, 6.45) is -0.137. The van der Waals surface area contributed by atoms with E-state index in [0.717, 1.165) is 36.7 Å². The topological polar surface area (TPSA) is 95.0 Å². The fraction of sp³-hybridized carbons (Fsp3) is 0.280. The van der Waals surface area contributed by atoms with Crippen LogP contribution in [-0.2, 0) is 11.3 Å². The largest absolute Gasteiger partial charge is 0.490 e. The summed E-state index contributed by atoms with van der Waals surface area (Å²) in [7, 11) is 0. The summed E-state index contributed by atoms with van der Waals surface area (Å²) in [6.45, 7) is 5.77.